The van der Waals surface area contributed by atoms with Crippen molar-refractivity contribution in [2.75, 3.05) is 46.7 Å². The third kappa shape index (κ3) is 5.32. The molecule has 0 saturated carbocycles. The Morgan fingerprint density at radius 3 is 2.58 bits per heavy atom. The Kier molecular flexibility index (Phi) is 6.74. The lowest BCUT2D eigenvalue weighted by molar-refractivity contribution is 0.0946. The fourth-order valence-corrected chi connectivity index (χ4v) is 2.25. The van der Waals surface area contributed by atoms with Gasteiger partial charge in [0.1, 0.15) is 17.2 Å². The fraction of sp³-hybridized carbons (Fsp3) is 0.389. The van der Waals surface area contributed by atoms with E-state index in [0.717, 1.165) is 6.54 Å². The molecule has 0 atom stereocenters. The monoisotopic (exact) mass is 359 g/mol. The molecule has 8 heteroatoms. The quantitative estimate of drug-likeness (QED) is 0.743. The summed E-state index contributed by atoms with van der Waals surface area (Å²) in [4.78, 5) is 22.9. The number of aromatic nitrogens is 2. The Hall–Kier alpha value is -2.87. The van der Waals surface area contributed by atoms with E-state index in [1.807, 2.05) is 25.9 Å². The number of likely N-dealkylation sites (N-methyl/N-ethyl adjacent to an activating group) is 1. The van der Waals surface area contributed by atoms with Crippen LogP contribution in [0.5, 0.6) is 11.5 Å². The van der Waals surface area contributed by atoms with E-state index in [1.54, 1.807) is 38.5 Å². The molecule has 0 fully saturated rings. The van der Waals surface area contributed by atoms with Crippen molar-refractivity contribution in [3.8, 4) is 11.5 Å². The molecular formula is C18H25N5O3. The van der Waals surface area contributed by atoms with Crippen molar-refractivity contribution in [1.29, 1.82) is 0 Å². The highest BCUT2D eigenvalue weighted by Gasteiger charge is 2.12. The summed E-state index contributed by atoms with van der Waals surface area (Å²) in [7, 11) is 7.06. The zero-order chi connectivity index (χ0) is 19.1. The predicted octanol–water partition coefficient (Wildman–Crippen LogP) is 1.84. The van der Waals surface area contributed by atoms with Crippen molar-refractivity contribution in [3.05, 3.63) is 35.7 Å². The van der Waals surface area contributed by atoms with E-state index >= 15 is 0 Å². The van der Waals surface area contributed by atoms with Crippen LogP contribution in [-0.4, -0.2) is 62.2 Å². The number of aryl methyl sites for hydroxylation is 1. The van der Waals surface area contributed by atoms with Gasteiger partial charge in [-0.3, -0.25) is 4.79 Å². The van der Waals surface area contributed by atoms with Crippen LogP contribution in [0.1, 0.15) is 16.2 Å². The first kappa shape index (κ1) is 19.5. The van der Waals surface area contributed by atoms with Crippen LogP contribution in [0.3, 0.4) is 0 Å². The van der Waals surface area contributed by atoms with E-state index in [0.29, 0.717) is 41.1 Å². The third-order valence-corrected chi connectivity index (χ3v) is 3.59. The highest BCUT2D eigenvalue weighted by atomic mass is 16.5. The van der Waals surface area contributed by atoms with Crippen LogP contribution in [0.25, 0.3) is 0 Å². The molecule has 0 unspecified atom stereocenters. The van der Waals surface area contributed by atoms with Crippen LogP contribution in [-0.2, 0) is 0 Å². The van der Waals surface area contributed by atoms with E-state index in [2.05, 4.69) is 20.6 Å². The molecule has 2 N–H and O–H groups in total. The third-order valence-electron chi connectivity index (χ3n) is 3.59. The number of rotatable bonds is 8. The number of methoxy groups -OCH3 is 2. The van der Waals surface area contributed by atoms with Crippen molar-refractivity contribution in [1.82, 2.24) is 20.2 Å². The number of benzene rings is 1. The number of ether oxygens (including phenoxy) is 2. The maximum atomic E-state index is 12.3. The smallest absolute Gasteiger partial charge is 0.270 e. The standard InChI is InChI=1S/C18H25N5O3/c1-12-10-15(17(24)19-8-9-23(2)3)22-18(20-12)21-14-7-6-13(25-4)11-16(14)26-5/h6-7,10-11H,8-9H2,1-5H3,(H,19,24)(H,20,21,22). The highest BCUT2D eigenvalue weighted by molar-refractivity contribution is 5.92. The summed E-state index contributed by atoms with van der Waals surface area (Å²) in [6, 6.07) is 7.02. The van der Waals surface area contributed by atoms with Crippen molar-refractivity contribution in [3.63, 3.8) is 0 Å². The Balaban J connectivity index is 2.18. The highest BCUT2D eigenvalue weighted by Crippen LogP contribution is 2.30. The van der Waals surface area contributed by atoms with Crippen LogP contribution < -0.4 is 20.1 Å². The number of hydrogen-bond donors (Lipinski definition) is 2. The van der Waals surface area contributed by atoms with Gasteiger partial charge in [0.15, 0.2) is 0 Å². The molecule has 0 radical (unpaired) electrons. The average molecular weight is 359 g/mol. The summed E-state index contributed by atoms with van der Waals surface area (Å²) >= 11 is 0. The number of anilines is 2. The molecule has 0 saturated heterocycles. The van der Waals surface area contributed by atoms with E-state index in [-0.39, 0.29) is 5.91 Å². The lowest BCUT2D eigenvalue weighted by Gasteiger charge is -2.13. The largest absolute Gasteiger partial charge is 0.497 e. The van der Waals surface area contributed by atoms with Gasteiger partial charge < -0.3 is 25.0 Å². The number of nitrogens with one attached hydrogen (secondary N) is 2. The number of hydrogen-bond acceptors (Lipinski definition) is 7. The molecule has 1 amide bonds. The molecule has 0 aliphatic carbocycles. The molecule has 0 spiro atoms. The minimum absolute atomic E-state index is 0.234. The Labute approximate surface area is 153 Å². The van der Waals surface area contributed by atoms with Gasteiger partial charge in [-0.1, -0.05) is 0 Å². The van der Waals surface area contributed by atoms with Crippen LogP contribution in [0, 0.1) is 6.92 Å². The molecule has 2 rings (SSSR count). The van der Waals surface area contributed by atoms with Gasteiger partial charge in [0, 0.05) is 24.8 Å². The Morgan fingerprint density at radius 2 is 1.92 bits per heavy atom. The summed E-state index contributed by atoms with van der Waals surface area (Å²) in [5, 5.41) is 5.94. The molecule has 1 heterocycles. The second-order valence-electron chi connectivity index (χ2n) is 5.97. The minimum atomic E-state index is -0.234. The second kappa shape index (κ2) is 9.00. The summed E-state index contributed by atoms with van der Waals surface area (Å²) in [6.45, 7) is 3.11. The van der Waals surface area contributed by atoms with E-state index in [9.17, 15) is 4.79 Å². The Bertz CT molecular complexity index is 764. The normalized spacial score (nSPS) is 10.5. The van der Waals surface area contributed by atoms with Crippen molar-refractivity contribution in [2.45, 2.75) is 6.92 Å². The zero-order valence-corrected chi connectivity index (χ0v) is 15.8. The predicted molar refractivity (Wildman–Crippen MR) is 100 cm³/mol. The van der Waals surface area contributed by atoms with Gasteiger partial charge in [-0.05, 0) is 39.2 Å². The van der Waals surface area contributed by atoms with Gasteiger partial charge in [0.05, 0.1) is 19.9 Å². The van der Waals surface area contributed by atoms with Crippen LogP contribution in [0.15, 0.2) is 24.3 Å². The van der Waals surface area contributed by atoms with Crippen molar-refractivity contribution >= 4 is 17.5 Å². The topological polar surface area (TPSA) is 88.6 Å². The molecule has 140 valence electrons. The first-order valence-corrected chi connectivity index (χ1v) is 8.20. The van der Waals surface area contributed by atoms with Crippen LogP contribution >= 0.6 is 0 Å². The van der Waals surface area contributed by atoms with Crippen LogP contribution in [0.2, 0.25) is 0 Å². The van der Waals surface area contributed by atoms with Gasteiger partial charge in [-0.2, -0.15) is 0 Å². The Morgan fingerprint density at radius 1 is 1.15 bits per heavy atom. The van der Waals surface area contributed by atoms with E-state index in [1.165, 1.54) is 0 Å². The summed E-state index contributed by atoms with van der Waals surface area (Å²) in [5.74, 6) is 1.36. The van der Waals surface area contributed by atoms with Crippen molar-refractivity contribution < 1.29 is 14.3 Å². The molecule has 0 bridgehead atoms. The average Bonchev–Trinajstić information content (AvgIpc) is 2.61. The summed E-state index contributed by atoms with van der Waals surface area (Å²) in [6.07, 6.45) is 0. The van der Waals surface area contributed by atoms with E-state index < -0.39 is 0 Å². The lowest BCUT2D eigenvalue weighted by Crippen LogP contribution is -2.32. The van der Waals surface area contributed by atoms with E-state index in [4.69, 9.17) is 9.47 Å². The number of nitrogens with zero attached hydrogens (tertiary/aromatic N) is 3. The molecule has 8 nitrogen and oxygen atoms in total. The number of carbonyl (C=O) groups excluding carboxylic acids is 1. The molecule has 0 aliphatic rings. The number of amides is 1. The molecular weight excluding hydrogens is 334 g/mol. The maximum Gasteiger partial charge on any atom is 0.270 e. The molecule has 26 heavy (non-hydrogen) atoms. The van der Waals surface area contributed by atoms with Crippen molar-refractivity contribution in [2.24, 2.45) is 0 Å². The number of carbonyl (C=O) groups is 1. The fourth-order valence-electron chi connectivity index (χ4n) is 2.25. The SMILES string of the molecule is COc1ccc(Nc2nc(C)cc(C(=O)NCCN(C)C)n2)c(OC)c1. The first-order chi connectivity index (χ1) is 12.4. The summed E-state index contributed by atoms with van der Waals surface area (Å²) < 4.78 is 10.6. The molecule has 2 aromatic rings. The van der Waals surface area contributed by atoms with Gasteiger partial charge >= 0.3 is 0 Å². The van der Waals surface area contributed by atoms with Gasteiger partial charge in [-0.25, -0.2) is 9.97 Å². The zero-order valence-electron chi connectivity index (χ0n) is 15.8. The van der Waals surface area contributed by atoms with Gasteiger partial charge in [-0.15, -0.1) is 0 Å². The minimum Gasteiger partial charge on any atom is -0.497 e. The molecule has 0 aliphatic heterocycles. The first-order valence-electron chi connectivity index (χ1n) is 8.20. The van der Waals surface area contributed by atoms with Gasteiger partial charge in [0.2, 0.25) is 5.95 Å². The maximum absolute atomic E-state index is 12.3. The summed E-state index contributed by atoms with van der Waals surface area (Å²) in [5.41, 5.74) is 1.68. The second-order valence-corrected chi connectivity index (χ2v) is 5.97. The molecule has 1 aromatic heterocycles. The molecule has 1 aromatic carbocycles. The lowest BCUT2D eigenvalue weighted by atomic mass is 10.2. The van der Waals surface area contributed by atoms with Gasteiger partial charge in [0.25, 0.3) is 5.91 Å². The van der Waals surface area contributed by atoms with Crippen LogP contribution in [0.4, 0.5) is 11.6 Å².